The minimum atomic E-state index is -0.127. The average molecular weight is 536 g/mol. The lowest BCUT2D eigenvalue weighted by atomic mass is 9.71. The number of hydrogen-bond acceptors (Lipinski definition) is 2. The van der Waals surface area contributed by atoms with Crippen molar-refractivity contribution in [2.45, 2.75) is 50.5 Å². The maximum atomic E-state index is 13.0. The number of carbonyl (C=O) groups excluding carboxylic acids is 1. The lowest BCUT2D eigenvalue weighted by Gasteiger charge is -2.45. The molecule has 2 heterocycles. The molecule has 0 bridgehead atoms. The van der Waals surface area contributed by atoms with Crippen LogP contribution >= 0.6 is 23.2 Å². The number of hydrogen-bond donors (Lipinski definition) is 0. The molecular formula is C32H36Cl2N2O. The number of benzene rings is 3. The minimum Gasteiger partial charge on any atom is -0.337 e. The highest BCUT2D eigenvalue weighted by Gasteiger charge is 2.40. The lowest BCUT2D eigenvalue weighted by molar-refractivity contribution is -0.136. The van der Waals surface area contributed by atoms with Gasteiger partial charge >= 0.3 is 0 Å². The summed E-state index contributed by atoms with van der Waals surface area (Å²) in [4.78, 5) is 17.7. The number of piperidine rings is 2. The molecule has 194 valence electrons. The second-order valence-electron chi connectivity index (χ2n) is 10.9. The van der Waals surface area contributed by atoms with Gasteiger partial charge in [-0.05, 0) is 86.5 Å². The van der Waals surface area contributed by atoms with Gasteiger partial charge in [-0.25, -0.2) is 0 Å². The van der Waals surface area contributed by atoms with Crippen molar-refractivity contribution in [3.8, 4) is 0 Å². The molecule has 1 atom stereocenters. The first-order valence-corrected chi connectivity index (χ1v) is 14.3. The quantitative estimate of drug-likeness (QED) is 0.300. The van der Waals surface area contributed by atoms with Crippen LogP contribution in [0.1, 0.15) is 48.8 Å². The minimum absolute atomic E-state index is 0.127. The number of nitrogens with zero attached hydrogens (tertiary/aromatic N) is 2. The molecule has 0 saturated carbocycles. The Morgan fingerprint density at radius 2 is 1.51 bits per heavy atom. The lowest BCUT2D eigenvalue weighted by Crippen LogP contribution is -2.50. The summed E-state index contributed by atoms with van der Waals surface area (Å²) in [7, 11) is 0. The van der Waals surface area contributed by atoms with E-state index in [9.17, 15) is 4.79 Å². The van der Waals surface area contributed by atoms with Crippen LogP contribution in [0.5, 0.6) is 0 Å². The molecule has 3 aromatic carbocycles. The molecule has 0 aromatic heterocycles. The molecule has 2 saturated heterocycles. The van der Waals surface area contributed by atoms with Crippen LogP contribution in [-0.2, 0) is 23.2 Å². The Morgan fingerprint density at radius 1 is 0.838 bits per heavy atom. The van der Waals surface area contributed by atoms with E-state index in [0.717, 1.165) is 38.4 Å². The van der Waals surface area contributed by atoms with E-state index in [1.807, 2.05) is 35.2 Å². The van der Waals surface area contributed by atoms with Crippen LogP contribution in [0.4, 0.5) is 0 Å². The zero-order valence-electron chi connectivity index (χ0n) is 21.4. The maximum Gasteiger partial charge on any atom is 0.222 e. The Labute approximate surface area is 231 Å². The summed E-state index contributed by atoms with van der Waals surface area (Å²) in [5.41, 5.74) is 3.69. The molecule has 0 radical (unpaired) electrons. The maximum absolute atomic E-state index is 13.0. The van der Waals surface area contributed by atoms with E-state index in [1.54, 1.807) is 0 Å². The molecule has 3 nitrogen and oxygen atoms in total. The number of likely N-dealkylation sites (tertiary alicyclic amines) is 2. The summed E-state index contributed by atoms with van der Waals surface area (Å²) in [5, 5.41) is 1.17. The van der Waals surface area contributed by atoms with Gasteiger partial charge in [-0.2, -0.15) is 0 Å². The zero-order valence-corrected chi connectivity index (χ0v) is 22.9. The smallest absolute Gasteiger partial charge is 0.222 e. The van der Waals surface area contributed by atoms with Gasteiger partial charge in [0, 0.05) is 24.9 Å². The van der Waals surface area contributed by atoms with Crippen LogP contribution in [0.2, 0.25) is 10.0 Å². The fourth-order valence-corrected chi connectivity index (χ4v) is 6.43. The van der Waals surface area contributed by atoms with Crippen LogP contribution in [0, 0.1) is 5.92 Å². The van der Waals surface area contributed by atoms with E-state index >= 15 is 0 Å². The van der Waals surface area contributed by atoms with Gasteiger partial charge in [0.25, 0.3) is 0 Å². The van der Waals surface area contributed by atoms with Crippen LogP contribution in [0.15, 0.2) is 78.9 Å². The van der Waals surface area contributed by atoms with Gasteiger partial charge in [-0.1, -0.05) is 89.9 Å². The summed E-state index contributed by atoms with van der Waals surface area (Å²) in [5.74, 6) is 0.998. The van der Waals surface area contributed by atoms with Gasteiger partial charge in [-0.3, -0.25) is 4.79 Å². The van der Waals surface area contributed by atoms with E-state index in [0.29, 0.717) is 29.6 Å². The Morgan fingerprint density at radius 3 is 2.19 bits per heavy atom. The zero-order chi connectivity index (χ0) is 25.7. The molecular weight excluding hydrogens is 499 g/mol. The molecule has 5 heteroatoms. The second-order valence-corrected chi connectivity index (χ2v) is 11.7. The highest BCUT2D eigenvalue weighted by atomic mass is 35.5. The van der Waals surface area contributed by atoms with Gasteiger partial charge in [0.1, 0.15) is 0 Å². The van der Waals surface area contributed by atoms with E-state index in [4.69, 9.17) is 23.2 Å². The van der Waals surface area contributed by atoms with Gasteiger partial charge < -0.3 is 9.80 Å². The van der Waals surface area contributed by atoms with Crippen molar-refractivity contribution in [1.29, 1.82) is 0 Å². The third-order valence-corrected chi connectivity index (χ3v) is 9.13. The van der Waals surface area contributed by atoms with Crippen molar-refractivity contribution < 1.29 is 4.79 Å². The van der Waals surface area contributed by atoms with Crippen molar-refractivity contribution in [2.75, 3.05) is 26.2 Å². The molecule has 37 heavy (non-hydrogen) atoms. The van der Waals surface area contributed by atoms with Crippen LogP contribution < -0.4 is 0 Å². The molecule has 2 aliphatic heterocycles. The Kier molecular flexibility index (Phi) is 8.54. The largest absolute Gasteiger partial charge is 0.337 e. The number of halogens is 2. The van der Waals surface area contributed by atoms with Gasteiger partial charge in [0.05, 0.1) is 10.0 Å². The van der Waals surface area contributed by atoms with Gasteiger partial charge in [0.15, 0.2) is 0 Å². The van der Waals surface area contributed by atoms with Crippen LogP contribution in [0.3, 0.4) is 0 Å². The standard InChI is InChI=1S/C32H36Cl2N2O/c33-29-12-11-28(22-30(29)34)32(16-13-31(37)36(24-32)23-27-9-5-2-6-10-27)17-20-35-18-14-26(15-19-35)21-25-7-3-1-4-8-25/h1-12,22,26H,13-21,23-24H2. The van der Waals surface area contributed by atoms with Gasteiger partial charge in [-0.15, -0.1) is 0 Å². The fourth-order valence-electron chi connectivity index (χ4n) is 6.13. The molecule has 1 amide bonds. The summed E-state index contributed by atoms with van der Waals surface area (Å²) in [6.45, 7) is 4.67. The molecule has 5 rings (SSSR count). The summed E-state index contributed by atoms with van der Waals surface area (Å²) in [6.07, 6.45) is 6.08. The highest BCUT2D eigenvalue weighted by molar-refractivity contribution is 6.42. The first-order chi connectivity index (χ1) is 18.0. The molecule has 2 aliphatic rings. The Bertz CT molecular complexity index is 1180. The van der Waals surface area contributed by atoms with E-state index < -0.39 is 0 Å². The SMILES string of the molecule is O=C1CCC(CCN2CCC(Cc3ccccc3)CC2)(c2ccc(Cl)c(Cl)c2)CN1Cc1ccccc1. The van der Waals surface area contributed by atoms with Crippen molar-refractivity contribution in [3.63, 3.8) is 0 Å². The fraction of sp³-hybridized carbons (Fsp3) is 0.406. The Balaban J connectivity index is 1.28. The highest BCUT2D eigenvalue weighted by Crippen LogP contribution is 2.41. The Hall–Kier alpha value is -2.33. The first kappa shape index (κ1) is 26.3. The number of carbonyl (C=O) groups is 1. The van der Waals surface area contributed by atoms with Gasteiger partial charge in [0.2, 0.25) is 5.91 Å². The number of amides is 1. The predicted molar refractivity (Wildman–Crippen MR) is 153 cm³/mol. The number of rotatable bonds is 8. The third-order valence-electron chi connectivity index (χ3n) is 8.39. The third kappa shape index (κ3) is 6.57. The predicted octanol–water partition coefficient (Wildman–Crippen LogP) is 7.40. The molecule has 0 spiro atoms. The topological polar surface area (TPSA) is 23.6 Å². The molecule has 2 fully saturated rings. The molecule has 0 aliphatic carbocycles. The van der Waals surface area contributed by atoms with E-state index in [2.05, 4.69) is 53.4 Å². The monoisotopic (exact) mass is 534 g/mol. The molecule has 3 aromatic rings. The van der Waals surface area contributed by atoms with Crippen molar-refractivity contribution in [1.82, 2.24) is 9.80 Å². The van der Waals surface area contributed by atoms with Crippen molar-refractivity contribution >= 4 is 29.1 Å². The molecule has 1 unspecified atom stereocenters. The first-order valence-electron chi connectivity index (χ1n) is 13.5. The molecule has 0 N–H and O–H groups in total. The van der Waals surface area contributed by atoms with Crippen molar-refractivity contribution in [2.24, 2.45) is 5.92 Å². The normalized spacial score (nSPS) is 21.4. The second kappa shape index (κ2) is 12.0. The summed E-state index contributed by atoms with van der Waals surface area (Å²) >= 11 is 12.8. The average Bonchev–Trinajstić information content (AvgIpc) is 2.93. The van der Waals surface area contributed by atoms with E-state index in [-0.39, 0.29) is 11.3 Å². The van der Waals surface area contributed by atoms with Crippen molar-refractivity contribution in [3.05, 3.63) is 106 Å². The summed E-state index contributed by atoms with van der Waals surface area (Å²) < 4.78 is 0. The van der Waals surface area contributed by atoms with Crippen LogP contribution in [-0.4, -0.2) is 41.9 Å². The van der Waals surface area contributed by atoms with Crippen LogP contribution in [0.25, 0.3) is 0 Å². The van der Waals surface area contributed by atoms with E-state index in [1.165, 1.54) is 36.0 Å². The summed E-state index contributed by atoms with van der Waals surface area (Å²) in [6, 6.07) is 27.2.